The standard InChI is InChI=1S/C11H21N3O3S/c1-3-5-10(9-18(12,15)16)8-17-11-6-13-14(4-2)7-11/h6-7,10H,3-5,8-9H2,1-2H3,(H2,12,15,16). The lowest BCUT2D eigenvalue weighted by Gasteiger charge is -2.14. The maximum Gasteiger partial charge on any atom is 0.209 e. The third-order valence-corrected chi connectivity index (χ3v) is 3.52. The van der Waals surface area contributed by atoms with Crippen LogP contribution in [0.2, 0.25) is 0 Å². The number of ether oxygens (including phenoxy) is 1. The van der Waals surface area contributed by atoms with Gasteiger partial charge in [-0.15, -0.1) is 0 Å². The van der Waals surface area contributed by atoms with E-state index in [0.717, 1.165) is 19.4 Å². The Hall–Kier alpha value is -1.08. The number of nitrogens with two attached hydrogens (primary N) is 1. The van der Waals surface area contributed by atoms with Gasteiger partial charge in [-0.05, 0) is 13.3 Å². The molecule has 1 aromatic rings. The molecular weight excluding hydrogens is 254 g/mol. The van der Waals surface area contributed by atoms with Crippen LogP contribution >= 0.6 is 0 Å². The second-order valence-corrected chi connectivity index (χ2v) is 5.99. The van der Waals surface area contributed by atoms with Crippen molar-refractivity contribution >= 4 is 10.0 Å². The normalized spacial score (nSPS) is 13.5. The average molecular weight is 275 g/mol. The fourth-order valence-corrected chi connectivity index (χ4v) is 2.68. The lowest BCUT2D eigenvalue weighted by Crippen LogP contribution is -2.26. The molecule has 1 unspecified atom stereocenters. The first kappa shape index (κ1) is 15.0. The first-order valence-corrected chi connectivity index (χ1v) is 7.81. The number of sulfonamides is 1. The molecular formula is C11H21N3O3S. The summed E-state index contributed by atoms with van der Waals surface area (Å²) in [7, 11) is -3.45. The van der Waals surface area contributed by atoms with Crippen molar-refractivity contribution in [3.8, 4) is 5.75 Å². The summed E-state index contributed by atoms with van der Waals surface area (Å²) in [6, 6.07) is 0. The summed E-state index contributed by atoms with van der Waals surface area (Å²) >= 11 is 0. The van der Waals surface area contributed by atoms with Crippen molar-refractivity contribution in [1.29, 1.82) is 0 Å². The van der Waals surface area contributed by atoms with Crippen molar-refractivity contribution in [2.45, 2.75) is 33.2 Å². The molecule has 0 saturated carbocycles. The summed E-state index contributed by atoms with van der Waals surface area (Å²) in [6.07, 6.45) is 5.10. The summed E-state index contributed by atoms with van der Waals surface area (Å²) in [5.41, 5.74) is 0. The van der Waals surface area contributed by atoms with Gasteiger partial charge in [0.25, 0.3) is 0 Å². The molecule has 0 saturated heterocycles. The molecule has 104 valence electrons. The quantitative estimate of drug-likeness (QED) is 0.766. The monoisotopic (exact) mass is 275 g/mol. The summed E-state index contributed by atoms with van der Waals surface area (Å²) < 4.78 is 29.5. The number of aromatic nitrogens is 2. The molecule has 1 atom stereocenters. The Balaban J connectivity index is 2.51. The predicted molar refractivity (Wildman–Crippen MR) is 69.8 cm³/mol. The van der Waals surface area contributed by atoms with Crippen molar-refractivity contribution in [2.24, 2.45) is 11.1 Å². The molecule has 2 N–H and O–H groups in total. The number of hydrogen-bond acceptors (Lipinski definition) is 4. The van der Waals surface area contributed by atoms with E-state index in [9.17, 15) is 8.42 Å². The zero-order valence-electron chi connectivity index (χ0n) is 10.9. The number of nitrogens with zero attached hydrogens (tertiary/aromatic N) is 2. The van der Waals surface area contributed by atoms with E-state index in [0.29, 0.717) is 12.4 Å². The van der Waals surface area contributed by atoms with Crippen LogP contribution in [0.1, 0.15) is 26.7 Å². The summed E-state index contributed by atoms with van der Waals surface area (Å²) in [5.74, 6) is 0.547. The summed E-state index contributed by atoms with van der Waals surface area (Å²) in [4.78, 5) is 0. The highest BCUT2D eigenvalue weighted by Gasteiger charge is 2.16. The predicted octanol–water partition coefficient (Wildman–Crippen LogP) is 0.987. The first-order valence-electron chi connectivity index (χ1n) is 6.10. The third-order valence-electron chi connectivity index (χ3n) is 2.58. The minimum atomic E-state index is -3.45. The van der Waals surface area contributed by atoms with Crippen LogP contribution in [-0.4, -0.2) is 30.6 Å². The second kappa shape index (κ2) is 6.75. The Labute approximate surface area is 108 Å². The summed E-state index contributed by atoms with van der Waals surface area (Å²) in [6.45, 7) is 5.11. The molecule has 1 rings (SSSR count). The third kappa shape index (κ3) is 5.50. The molecule has 7 heteroatoms. The van der Waals surface area contributed by atoms with E-state index in [2.05, 4.69) is 5.10 Å². The molecule has 0 bridgehead atoms. The number of rotatable bonds is 8. The molecule has 0 aliphatic rings. The lowest BCUT2D eigenvalue weighted by molar-refractivity contribution is 0.252. The number of primary sulfonamides is 1. The Kier molecular flexibility index (Phi) is 5.61. The van der Waals surface area contributed by atoms with Crippen LogP contribution in [0.4, 0.5) is 0 Å². The molecule has 1 aromatic heterocycles. The Morgan fingerprint density at radius 1 is 1.50 bits per heavy atom. The van der Waals surface area contributed by atoms with Crippen molar-refractivity contribution in [3.05, 3.63) is 12.4 Å². The van der Waals surface area contributed by atoms with Gasteiger partial charge in [-0.25, -0.2) is 13.6 Å². The molecule has 6 nitrogen and oxygen atoms in total. The fourth-order valence-electron chi connectivity index (χ4n) is 1.76. The van der Waals surface area contributed by atoms with Gasteiger partial charge in [-0.3, -0.25) is 4.68 Å². The van der Waals surface area contributed by atoms with Gasteiger partial charge in [-0.1, -0.05) is 13.3 Å². The molecule has 0 fully saturated rings. The molecule has 1 heterocycles. The first-order chi connectivity index (χ1) is 8.44. The van der Waals surface area contributed by atoms with E-state index in [4.69, 9.17) is 9.88 Å². The zero-order valence-corrected chi connectivity index (χ0v) is 11.7. The van der Waals surface area contributed by atoms with Gasteiger partial charge < -0.3 is 4.74 Å². The Morgan fingerprint density at radius 3 is 2.72 bits per heavy atom. The van der Waals surface area contributed by atoms with Crippen molar-refractivity contribution in [2.75, 3.05) is 12.4 Å². The van der Waals surface area contributed by atoms with E-state index in [1.165, 1.54) is 0 Å². The van der Waals surface area contributed by atoms with Gasteiger partial charge in [-0.2, -0.15) is 5.10 Å². The van der Waals surface area contributed by atoms with Gasteiger partial charge in [0, 0.05) is 12.5 Å². The van der Waals surface area contributed by atoms with E-state index < -0.39 is 10.0 Å². The topological polar surface area (TPSA) is 87.2 Å². The van der Waals surface area contributed by atoms with E-state index >= 15 is 0 Å². The highest BCUT2D eigenvalue weighted by atomic mass is 32.2. The lowest BCUT2D eigenvalue weighted by atomic mass is 10.1. The molecule has 0 radical (unpaired) electrons. The highest BCUT2D eigenvalue weighted by Crippen LogP contribution is 2.13. The van der Waals surface area contributed by atoms with Crippen LogP contribution in [0.15, 0.2) is 12.4 Å². The van der Waals surface area contributed by atoms with Gasteiger partial charge in [0.2, 0.25) is 10.0 Å². The van der Waals surface area contributed by atoms with E-state index in [1.54, 1.807) is 17.1 Å². The smallest absolute Gasteiger partial charge is 0.209 e. The Morgan fingerprint density at radius 2 is 2.22 bits per heavy atom. The second-order valence-electron chi connectivity index (χ2n) is 4.33. The number of hydrogen-bond donors (Lipinski definition) is 1. The van der Waals surface area contributed by atoms with Crippen LogP contribution < -0.4 is 9.88 Å². The van der Waals surface area contributed by atoms with Crippen molar-refractivity contribution in [1.82, 2.24) is 9.78 Å². The summed E-state index contributed by atoms with van der Waals surface area (Å²) in [5, 5.41) is 9.14. The van der Waals surface area contributed by atoms with Gasteiger partial charge >= 0.3 is 0 Å². The van der Waals surface area contributed by atoms with Crippen LogP contribution in [0.5, 0.6) is 5.75 Å². The van der Waals surface area contributed by atoms with Crippen LogP contribution in [0.25, 0.3) is 0 Å². The molecule has 0 spiro atoms. The van der Waals surface area contributed by atoms with Gasteiger partial charge in [0.1, 0.15) is 0 Å². The average Bonchev–Trinajstić information content (AvgIpc) is 2.72. The van der Waals surface area contributed by atoms with Crippen molar-refractivity contribution in [3.63, 3.8) is 0 Å². The molecule has 18 heavy (non-hydrogen) atoms. The number of aryl methyl sites for hydroxylation is 1. The van der Waals surface area contributed by atoms with Crippen molar-refractivity contribution < 1.29 is 13.2 Å². The fraction of sp³-hybridized carbons (Fsp3) is 0.727. The van der Waals surface area contributed by atoms with Gasteiger partial charge in [0.05, 0.1) is 24.8 Å². The molecule has 0 aliphatic heterocycles. The maximum absolute atomic E-state index is 11.1. The van der Waals surface area contributed by atoms with Crippen LogP contribution in [0, 0.1) is 5.92 Å². The van der Waals surface area contributed by atoms with Crippen LogP contribution in [0.3, 0.4) is 0 Å². The van der Waals surface area contributed by atoms with Gasteiger partial charge in [0.15, 0.2) is 5.75 Å². The minimum Gasteiger partial charge on any atom is -0.490 e. The van der Waals surface area contributed by atoms with E-state index in [-0.39, 0.29) is 11.7 Å². The molecule has 0 aromatic carbocycles. The minimum absolute atomic E-state index is 0.0389. The van der Waals surface area contributed by atoms with E-state index in [1.807, 2.05) is 13.8 Å². The molecule has 0 aliphatic carbocycles. The SMILES string of the molecule is CCCC(COc1cnn(CC)c1)CS(N)(=O)=O. The Bertz CT molecular complexity index is 456. The zero-order chi connectivity index (χ0) is 13.6. The highest BCUT2D eigenvalue weighted by molar-refractivity contribution is 7.89. The largest absolute Gasteiger partial charge is 0.490 e. The molecule has 0 amide bonds. The van der Waals surface area contributed by atoms with Crippen LogP contribution in [-0.2, 0) is 16.6 Å². The maximum atomic E-state index is 11.1.